The van der Waals surface area contributed by atoms with Gasteiger partial charge in [-0.3, -0.25) is 4.79 Å². The number of ether oxygens (including phenoxy) is 1. The van der Waals surface area contributed by atoms with E-state index >= 15 is 0 Å². The maximum Gasteiger partial charge on any atom is 0.161 e. The van der Waals surface area contributed by atoms with Crippen molar-refractivity contribution in [3.63, 3.8) is 0 Å². The summed E-state index contributed by atoms with van der Waals surface area (Å²) >= 11 is 3.03. The molecule has 0 aliphatic carbocycles. The van der Waals surface area contributed by atoms with E-state index in [4.69, 9.17) is 4.74 Å². The van der Waals surface area contributed by atoms with Crippen molar-refractivity contribution in [2.75, 3.05) is 7.11 Å². The van der Waals surface area contributed by atoms with Crippen molar-refractivity contribution in [2.24, 2.45) is 0 Å². The van der Waals surface area contributed by atoms with Gasteiger partial charge in [0.15, 0.2) is 5.78 Å². The molecule has 0 bridgehead atoms. The quantitative estimate of drug-likeness (QED) is 0.437. The number of pyridine rings is 1. The smallest absolute Gasteiger partial charge is 0.161 e. The minimum Gasteiger partial charge on any atom is -0.497 e. The first kappa shape index (κ1) is 19.1. The summed E-state index contributed by atoms with van der Waals surface area (Å²) in [6.45, 7) is 3.26. The fraction of sp³-hybridized carbons (Fsp3) is 0.200. The van der Waals surface area contributed by atoms with Crippen LogP contribution in [-0.2, 0) is 5.75 Å². The van der Waals surface area contributed by atoms with E-state index < -0.39 is 0 Å². The molecule has 27 heavy (non-hydrogen) atoms. The van der Waals surface area contributed by atoms with Crippen molar-refractivity contribution in [1.29, 1.82) is 5.26 Å². The van der Waals surface area contributed by atoms with Crippen LogP contribution in [0.1, 0.15) is 34.2 Å². The molecule has 3 aromatic rings. The number of nitrogens with zero attached hydrogens (tertiary/aromatic N) is 3. The molecule has 1 aromatic carbocycles. The van der Waals surface area contributed by atoms with Crippen LogP contribution in [0.5, 0.6) is 5.75 Å². The van der Waals surface area contributed by atoms with Crippen molar-refractivity contribution < 1.29 is 9.53 Å². The predicted molar refractivity (Wildman–Crippen MR) is 107 cm³/mol. The van der Waals surface area contributed by atoms with Gasteiger partial charge in [0.25, 0.3) is 0 Å². The number of thioether (sulfide) groups is 1. The van der Waals surface area contributed by atoms with Gasteiger partial charge in [-0.25, -0.2) is 9.97 Å². The van der Waals surface area contributed by atoms with Gasteiger partial charge in [-0.2, -0.15) is 5.26 Å². The van der Waals surface area contributed by atoms with E-state index in [2.05, 4.69) is 16.0 Å². The molecule has 0 radical (unpaired) electrons. The summed E-state index contributed by atoms with van der Waals surface area (Å²) in [4.78, 5) is 20.7. The second kappa shape index (κ2) is 8.33. The van der Waals surface area contributed by atoms with Crippen LogP contribution in [0.2, 0.25) is 0 Å². The van der Waals surface area contributed by atoms with Crippen molar-refractivity contribution in [3.8, 4) is 22.4 Å². The van der Waals surface area contributed by atoms with E-state index in [1.807, 2.05) is 29.6 Å². The van der Waals surface area contributed by atoms with Gasteiger partial charge in [-0.1, -0.05) is 11.8 Å². The summed E-state index contributed by atoms with van der Waals surface area (Å²) in [6, 6.07) is 11.5. The molecule has 0 aliphatic rings. The molecule has 0 spiro atoms. The molecule has 0 amide bonds. The fourth-order valence-electron chi connectivity index (χ4n) is 2.51. The molecule has 5 nitrogen and oxygen atoms in total. The number of benzene rings is 1. The van der Waals surface area contributed by atoms with Gasteiger partial charge in [-0.05, 0) is 44.2 Å². The Morgan fingerprint density at radius 2 is 2.04 bits per heavy atom. The predicted octanol–water partition coefficient (Wildman–Crippen LogP) is 4.89. The lowest BCUT2D eigenvalue weighted by Crippen LogP contribution is -2.02. The lowest BCUT2D eigenvalue weighted by molar-refractivity contribution is 0.101. The number of carbonyl (C=O) groups excluding carboxylic acids is 1. The van der Waals surface area contributed by atoms with E-state index in [9.17, 15) is 10.1 Å². The van der Waals surface area contributed by atoms with Gasteiger partial charge >= 0.3 is 0 Å². The van der Waals surface area contributed by atoms with Crippen molar-refractivity contribution in [1.82, 2.24) is 9.97 Å². The van der Waals surface area contributed by atoms with Crippen LogP contribution in [0, 0.1) is 18.3 Å². The first-order valence-corrected chi connectivity index (χ1v) is 10.0. The van der Waals surface area contributed by atoms with E-state index in [1.54, 1.807) is 31.4 Å². The van der Waals surface area contributed by atoms with Gasteiger partial charge in [0.1, 0.15) is 21.9 Å². The van der Waals surface area contributed by atoms with Crippen molar-refractivity contribution in [2.45, 2.75) is 24.6 Å². The molecule has 0 unspecified atom stereocenters. The summed E-state index contributed by atoms with van der Waals surface area (Å²) < 4.78 is 5.18. The Bertz CT molecular complexity index is 1020. The first-order chi connectivity index (χ1) is 13.0. The minimum absolute atomic E-state index is 0.0864. The number of rotatable bonds is 6. The third-order valence-corrected chi connectivity index (χ3v) is 5.89. The van der Waals surface area contributed by atoms with Gasteiger partial charge in [0, 0.05) is 28.0 Å². The fourth-order valence-corrected chi connectivity index (χ4v) is 4.34. The highest BCUT2D eigenvalue weighted by Crippen LogP contribution is 2.30. The van der Waals surface area contributed by atoms with Gasteiger partial charge in [0.05, 0.1) is 18.4 Å². The minimum atomic E-state index is -0.0864. The van der Waals surface area contributed by atoms with E-state index in [0.29, 0.717) is 27.6 Å². The highest BCUT2D eigenvalue weighted by atomic mass is 32.2. The lowest BCUT2D eigenvalue weighted by atomic mass is 10.1. The average molecular weight is 396 g/mol. The maximum atomic E-state index is 11.6. The number of methoxy groups -OCH3 is 1. The average Bonchev–Trinajstić information content (AvgIpc) is 3.15. The number of carbonyl (C=O) groups is 1. The molecular weight excluding hydrogens is 378 g/mol. The highest BCUT2D eigenvalue weighted by Gasteiger charge is 2.13. The Labute approximate surface area is 166 Å². The Kier molecular flexibility index (Phi) is 5.89. The van der Waals surface area contributed by atoms with Crippen molar-refractivity contribution in [3.05, 3.63) is 58.2 Å². The third-order valence-electron chi connectivity index (χ3n) is 3.92. The molecule has 0 saturated heterocycles. The standard InChI is InChI=1S/C20H17N3O2S2/c1-12-18(13(2)24)8-15(9-21)20(22-12)27-11-16-10-26-19(23-16)14-4-6-17(25-3)7-5-14/h4-8,10H,11H2,1-3H3. The summed E-state index contributed by atoms with van der Waals surface area (Å²) in [5, 5.41) is 12.9. The third kappa shape index (κ3) is 4.35. The Morgan fingerprint density at radius 3 is 2.67 bits per heavy atom. The zero-order valence-electron chi connectivity index (χ0n) is 15.1. The van der Waals surface area contributed by atoms with Crippen LogP contribution in [0.3, 0.4) is 0 Å². The topological polar surface area (TPSA) is 75.9 Å². The molecule has 0 N–H and O–H groups in total. The van der Waals surface area contributed by atoms with E-state index in [1.165, 1.54) is 18.7 Å². The molecule has 3 rings (SSSR count). The Hall–Kier alpha value is -2.69. The number of aryl methyl sites for hydroxylation is 1. The number of thiazole rings is 1. The number of aromatic nitrogens is 2. The maximum absolute atomic E-state index is 11.6. The number of nitriles is 1. The largest absolute Gasteiger partial charge is 0.497 e. The summed E-state index contributed by atoms with van der Waals surface area (Å²) in [5.74, 6) is 1.33. The summed E-state index contributed by atoms with van der Waals surface area (Å²) in [6.07, 6.45) is 0. The zero-order chi connectivity index (χ0) is 19.4. The second-order valence-corrected chi connectivity index (χ2v) is 7.63. The normalized spacial score (nSPS) is 10.4. The molecule has 0 atom stereocenters. The molecule has 0 saturated carbocycles. The van der Waals surface area contributed by atoms with Crippen LogP contribution < -0.4 is 4.74 Å². The van der Waals surface area contributed by atoms with Gasteiger partial charge in [-0.15, -0.1) is 11.3 Å². The van der Waals surface area contributed by atoms with Crippen molar-refractivity contribution >= 4 is 28.9 Å². The number of hydrogen-bond acceptors (Lipinski definition) is 7. The molecule has 7 heteroatoms. The second-order valence-electron chi connectivity index (χ2n) is 5.80. The highest BCUT2D eigenvalue weighted by molar-refractivity contribution is 7.98. The molecule has 0 fully saturated rings. The molecule has 136 valence electrons. The Balaban J connectivity index is 1.76. The summed E-state index contributed by atoms with van der Waals surface area (Å²) in [5.41, 5.74) is 3.51. The molecule has 2 aromatic heterocycles. The lowest BCUT2D eigenvalue weighted by Gasteiger charge is -2.07. The monoisotopic (exact) mass is 395 g/mol. The number of hydrogen-bond donors (Lipinski definition) is 0. The van der Waals surface area contributed by atoms with E-state index in [0.717, 1.165) is 22.0 Å². The van der Waals surface area contributed by atoms with Crippen LogP contribution in [0.4, 0.5) is 0 Å². The molecule has 0 aliphatic heterocycles. The first-order valence-electron chi connectivity index (χ1n) is 8.16. The van der Waals surface area contributed by atoms with E-state index in [-0.39, 0.29) is 5.78 Å². The van der Waals surface area contributed by atoms with Crippen LogP contribution in [-0.4, -0.2) is 22.9 Å². The van der Waals surface area contributed by atoms with Gasteiger partial charge < -0.3 is 4.74 Å². The zero-order valence-corrected chi connectivity index (χ0v) is 16.8. The number of Topliss-reactive ketones (excluding diaryl/α,β-unsaturated/α-hetero) is 1. The SMILES string of the molecule is COc1ccc(-c2nc(CSc3nc(C)c(C(C)=O)cc3C#N)cs2)cc1. The Morgan fingerprint density at radius 1 is 1.30 bits per heavy atom. The molecular formula is C20H17N3O2S2. The summed E-state index contributed by atoms with van der Waals surface area (Å²) in [7, 11) is 1.64. The van der Waals surface area contributed by atoms with Crippen LogP contribution >= 0.6 is 23.1 Å². The van der Waals surface area contributed by atoms with Gasteiger partial charge in [0.2, 0.25) is 0 Å². The number of ketones is 1. The van der Waals surface area contributed by atoms with Crippen LogP contribution in [0.25, 0.3) is 10.6 Å². The molecule has 2 heterocycles. The van der Waals surface area contributed by atoms with Crippen LogP contribution in [0.15, 0.2) is 40.7 Å².